The zero-order chi connectivity index (χ0) is 9.97. The number of nitrogens with zero attached hydrogens (tertiary/aromatic N) is 2. The Hall–Kier alpha value is -1.14. The number of aryl methyl sites for hydroxylation is 1. The van der Waals surface area contributed by atoms with Crippen LogP contribution < -0.4 is 10.6 Å². The van der Waals surface area contributed by atoms with Gasteiger partial charge in [-0.05, 0) is 6.92 Å². The fraction of sp³-hybridized carbons (Fsp3) is 0.625. The SMILES string of the molecule is Cc1nonc1CNC(=O)C1CNC1.Cl. The van der Waals surface area contributed by atoms with Crippen molar-refractivity contribution in [2.45, 2.75) is 13.5 Å². The zero-order valence-electron chi connectivity index (χ0n) is 8.32. The number of carbonyl (C=O) groups excluding carboxylic acids is 1. The maximum atomic E-state index is 11.4. The van der Waals surface area contributed by atoms with Crippen LogP contribution in [0.2, 0.25) is 0 Å². The van der Waals surface area contributed by atoms with Gasteiger partial charge in [-0.15, -0.1) is 12.4 Å². The summed E-state index contributed by atoms with van der Waals surface area (Å²) in [6.07, 6.45) is 0. The summed E-state index contributed by atoms with van der Waals surface area (Å²) in [5.74, 6) is 0.168. The summed E-state index contributed by atoms with van der Waals surface area (Å²) in [5, 5.41) is 13.1. The molecular formula is C8H13ClN4O2. The van der Waals surface area contributed by atoms with E-state index in [-0.39, 0.29) is 24.2 Å². The largest absolute Gasteiger partial charge is 0.350 e. The molecule has 6 nitrogen and oxygen atoms in total. The molecule has 2 heterocycles. The molecule has 0 spiro atoms. The van der Waals surface area contributed by atoms with Crippen LogP contribution in [0, 0.1) is 12.8 Å². The number of hydrogen-bond acceptors (Lipinski definition) is 5. The molecule has 0 aromatic carbocycles. The molecule has 1 aliphatic heterocycles. The van der Waals surface area contributed by atoms with Gasteiger partial charge in [0.15, 0.2) is 0 Å². The first-order valence-corrected chi connectivity index (χ1v) is 4.54. The van der Waals surface area contributed by atoms with E-state index in [9.17, 15) is 4.79 Å². The molecule has 7 heteroatoms. The zero-order valence-corrected chi connectivity index (χ0v) is 9.13. The van der Waals surface area contributed by atoms with Gasteiger partial charge in [0.1, 0.15) is 11.4 Å². The fourth-order valence-corrected chi connectivity index (χ4v) is 1.20. The van der Waals surface area contributed by atoms with E-state index < -0.39 is 0 Å². The Bertz CT molecular complexity index is 337. The third-order valence-electron chi connectivity index (χ3n) is 2.33. The van der Waals surface area contributed by atoms with Gasteiger partial charge >= 0.3 is 0 Å². The lowest BCUT2D eigenvalue weighted by Gasteiger charge is -2.25. The Balaban J connectivity index is 0.00000112. The molecule has 0 bridgehead atoms. The number of aromatic nitrogens is 2. The molecule has 1 amide bonds. The van der Waals surface area contributed by atoms with Gasteiger partial charge in [-0.2, -0.15) is 0 Å². The normalized spacial score (nSPS) is 15.3. The van der Waals surface area contributed by atoms with E-state index >= 15 is 0 Å². The monoisotopic (exact) mass is 232 g/mol. The number of nitrogens with one attached hydrogen (secondary N) is 2. The van der Waals surface area contributed by atoms with E-state index in [1.54, 1.807) is 6.92 Å². The molecule has 2 rings (SSSR count). The van der Waals surface area contributed by atoms with Crippen molar-refractivity contribution in [2.75, 3.05) is 13.1 Å². The first-order chi connectivity index (χ1) is 6.77. The minimum atomic E-state index is 0. The Morgan fingerprint density at radius 1 is 1.60 bits per heavy atom. The minimum absolute atomic E-state index is 0. The maximum Gasteiger partial charge on any atom is 0.226 e. The van der Waals surface area contributed by atoms with Gasteiger partial charge in [0.2, 0.25) is 5.91 Å². The third kappa shape index (κ3) is 2.66. The highest BCUT2D eigenvalue weighted by Gasteiger charge is 2.24. The summed E-state index contributed by atoms with van der Waals surface area (Å²) in [6.45, 7) is 3.72. The van der Waals surface area contributed by atoms with Gasteiger partial charge in [-0.25, -0.2) is 4.63 Å². The van der Waals surface area contributed by atoms with Crippen molar-refractivity contribution in [3.05, 3.63) is 11.4 Å². The van der Waals surface area contributed by atoms with Crippen LogP contribution in [-0.4, -0.2) is 29.3 Å². The number of hydrogen-bond donors (Lipinski definition) is 2. The minimum Gasteiger partial charge on any atom is -0.350 e. The Morgan fingerprint density at radius 2 is 2.33 bits per heavy atom. The molecule has 84 valence electrons. The summed E-state index contributed by atoms with van der Waals surface area (Å²) < 4.78 is 4.51. The maximum absolute atomic E-state index is 11.4. The molecule has 1 aliphatic rings. The van der Waals surface area contributed by atoms with Crippen molar-refractivity contribution < 1.29 is 9.42 Å². The van der Waals surface area contributed by atoms with Crippen LogP contribution in [0.15, 0.2) is 4.63 Å². The van der Waals surface area contributed by atoms with Crippen LogP contribution in [0.1, 0.15) is 11.4 Å². The van der Waals surface area contributed by atoms with Crippen molar-refractivity contribution in [3.8, 4) is 0 Å². The Kier molecular flexibility index (Phi) is 4.05. The molecule has 0 radical (unpaired) electrons. The second-order valence-electron chi connectivity index (χ2n) is 3.37. The highest BCUT2D eigenvalue weighted by Crippen LogP contribution is 2.04. The number of amides is 1. The van der Waals surface area contributed by atoms with Gasteiger partial charge in [-0.3, -0.25) is 4.79 Å². The first-order valence-electron chi connectivity index (χ1n) is 4.54. The lowest BCUT2D eigenvalue weighted by atomic mass is 10.0. The lowest BCUT2D eigenvalue weighted by Crippen LogP contribution is -2.50. The summed E-state index contributed by atoms with van der Waals surface area (Å²) in [7, 11) is 0. The van der Waals surface area contributed by atoms with Crippen molar-refractivity contribution >= 4 is 18.3 Å². The molecule has 1 aromatic rings. The second kappa shape index (κ2) is 5.09. The van der Waals surface area contributed by atoms with E-state index in [0.29, 0.717) is 12.2 Å². The van der Waals surface area contributed by atoms with Crippen molar-refractivity contribution in [1.29, 1.82) is 0 Å². The summed E-state index contributed by atoms with van der Waals surface area (Å²) >= 11 is 0. The molecular weight excluding hydrogens is 220 g/mol. The average Bonchev–Trinajstić information content (AvgIpc) is 2.44. The first kappa shape index (κ1) is 11.9. The number of carbonyl (C=O) groups is 1. The van der Waals surface area contributed by atoms with Crippen LogP contribution in [0.4, 0.5) is 0 Å². The smallest absolute Gasteiger partial charge is 0.226 e. The van der Waals surface area contributed by atoms with Gasteiger partial charge < -0.3 is 10.6 Å². The topological polar surface area (TPSA) is 80.1 Å². The van der Waals surface area contributed by atoms with E-state index in [0.717, 1.165) is 18.8 Å². The van der Waals surface area contributed by atoms with E-state index in [4.69, 9.17) is 0 Å². The average molecular weight is 233 g/mol. The standard InChI is InChI=1S/C8H12N4O2.ClH/c1-5-7(12-14-11-5)4-10-8(13)6-2-9-3-6;/h6,9H,2-4H2,1H3,(H,10,13);1H. The molecule has 0 atom stereocenters. The predicted molar refractivity (Wildman–Crippen MR) is 54.5 cm³/mol. The van der Waals surface area contributed by atoms with Crippen LogP contribution in [0.3, 0.4) is 0 Å². The van der Waals surface area contributed by atoms with Crippen molar-refractivity contribution in [1.82, 2.24) is 20.9 Å². The third-order valence-corrected chi connectivity index (χ3v) is 2.33. The van der Waals surface area contributed by atoms with E-state index in [1.807, 2.05) is 0 Å². The molecule has 0 saturated carbocycles. The van der Waals surface area contributed by atoms with Crippen LogP contribution in [0.5, 0.6) is 0 Å². The molecule has 2 N–H and O–H groups in total. The predicted octanol–water partition coefficient (Wildman–Crippen LogP) is -0.365. The Morgan fingerprint density at radius 3 is 2.80 bits per heavy atom. The molecule has 15 heavy (non-hydrogen) atoms. The van der Waals surface area contributed by atoms with Crippen molar-refractivity contribution in [3.63, 3.8) is 0 Å². The lowest BCUT2D eigenvalue weighted by molar-refractivity contribution is -0.126. The van der Waals surface area contributed by atoms with Gasteiger partial charge in [0.05, 0.1) is 12.5 Å². The molecule has 0 unspecified atom stereocenters. The highest BCUT2D eigenvalue weighted by atomic mass is 35.5. The van der Waals surface area contributed by atoms with Crippen LogP contribution >= 0.6 is 12.4 Å². The highest BCUT2D eigenvalue weighted by molar-refractivity contribution is 5.85. The fourth-order valence-electron chi connectivity index (χ4n) is 1.20. The van der Waals surface area contributed by atoms with Gasteiger partial charge in [0, 0.05) is 13.1 Å². The molecule has 0 aliphatic carbocycles. The molecule has 1 fully saturated rings. The Labute approximate surface area is 93.2 Å². The second-order valence-corrected chi connectivity index (χ2v) is 3.37. The van der Waals surface area contributed by atoms with E-state index in [2.05, 4.69) is 25.6 Å². The van der Waals surface area contributed by atoms with Gasteiger partial charge in [-0.1, -0.05) is 10.3 Å². The van der Waals surface area contributed by atoms with E-state index in [1.165, 1.54) is 0 Å². The summed E-state index contributed by atoms with van der Waals surface area (Å²) in [4.78, 5) is 11.4. The number of halogens is 1. The summed E-state index contributed by atoms with van der Waals surface area (Å²) in [5.41, 5.74) is 1.41. The summed E-state index contributed by atoms with van der Waals surface area (Å²) in [6, 6.07) is 0. The van der Waals surface area contributed by atoms with Gasteiger partial charge in [0.25, 0.3) is 0 Å². The number of rotatable bonds is 3. The van der Waals surface area contributed by atoms with Crippen LogP contribution in [0.25, 0.3) is 0 Å². The molecule has 1 aromatic heterocycles. The van der Waals surface area contributed by atoms with Crippen LogP contribution in [-0.2, 0) is 11.3 Å². The quantitative estimate of drug-likeness (QED) is 0.744. The van der Waals surface area contributed by atoms with Crippen molar-refractivity contribution in [2.24, 2.45) is 5.92 Å². The molecule has 1 saturated heterocycles.